The third-order valence-corrected chi connectivity index (χ3v) is 25.2. The van der Waals surface area contributed by atoms with E-state index in [1.807, 2.05) is 19.6 Å². The Morgan fingerprint density at radius 2 is 0.636 bits per heavy atom. The Balaban J connectivity index is 0.000000179. The molecule has 12 aliphatic heterocycles. The van der Waals surface area contributed by atoms with Gasteiger partial charge in [0, 0.05) is 209 Å². The summed E-state index contributed by atoms with van der Waals surface area (Å²) >= 11 is 0. The van der Waals surface area contributed by atoms with Crippen molar-refractivity contribution >= 4 is 36.1 Å². The molecule has 0 saturated carbocycles. The highest BCUT2D eigenvalue weighted by molar-refractivity contribution is 5.82. The highest BCUT2D eigenvalue weighted by Gasteiger charge is 2.38. The topological polar surface area (TPSA) is 222 Å². The SMILES string of the molecule is CC(C)N1CCC(NC(=O)C2CCCN2)CC1.CC(C)N1CCC(NC(=O)N2CCC(C)(C)C2)CC1.CC(C)N1CCC(NC(=O)N2CCC(F)C2)CC1.CC(C)N1CCC(NC(=O)N2CCCC2(C)C)CC1.CC(C)N1CCC(NC(=O)N2CCCC2)CC1.CC(C)N1CCC(NC(=O)N2CCCC2)CC1. The molecule has 25 heteroatoms. The number of hydrogen-bond acceptors (Lipinski definition) is 13. The minimum absolute atomic E-state index is 0.0305. The molecule has 0 spiro atoms. The molecule has 0 aromatic carbocycles. The molecule has 12 heterocycles. The zero-order valence-electron chi connectivity index (χ0n) is 70.4. The zero-order chi connectivity index (χ0) is 78.0. The van der Waals surface area contributed by atoms with Crippen molar-refractivity contribution in [2.45, 2.75) is 342 Å². The van der Waals surface area contributed by atoms with Crippen LogP contribution in [0, 0.1) is 5.41 Å². The normalized spacial score (nSPS) is 25.2. The van der Waals surface area contributed by atoms with Gasteiger partial charge < -0.3 is 91.1 Å². The molecule has 11 amide bonds. The Bertz CT molecular complexity index is 2460. The van der Waals surface area contributed by atoms with E-state index in [4.69, 9.17) is 0 Å². The van der Waals surface area contributed by atoms with E-state index in [1.54, 1.807) is 4.90 Å². The van der Waals surface area contributed by atoms with Crippen molar-refractivity contribution in [3.05, 3.63) is 0 Å². The summed E-state index contributed by atoms with van der Waals surface area (Å²) in [6, 6.07) is 6.44. The predicted molar refractivity (Wildman–Crippen MR) is 433 cm³/mol. The van der Waals surface area contributed by atoms with Crippen LogP contribution in [0.25, 0.3) is 0 Å². The van der Waals surface area contributed by atoms with E-state index in [1.165, 1.54) is 25.7 Å². The van der Waals surface area contributed by atoms with Crippen molar-refractivity contribution in [3.63, 3.8) is 0 Å². The second kappa shape index (κ2) is 44.6. The van der Waals surface area contributed by atoms with Crippen molar-refractivity contribution < 1.29 is 33.2 Å². The Kier molecular flexibility index (Phi) is 37.4. The number of likely N-dealkylation sites (tertiary alicyclic amines) is 11. The summed E-state index contributed by atoms with van der Waals surface area (Å²) in [6.45, 7) is 57.0. The van der Waals surface area contributed by atoms with E-state index in [0.717, 1.165) is 240 Å². The minimum atomic E-state index is -0.835. The molecule has 12 saturated heterocycles. The van der Waals surface area contributed by atoms with Crippen molar-refractivity contribution in [2.75, 3.05) is 144 Å². The van der Waals surface area contributed by atoms with E-state index in [2.05, 4.69) is 177 Å². The number of carbonyl (C=O) groups is 6. The molecule has 618 valence electrons. The number of alkyl halides is 1. The van der Waals surface area contributed by atoms with Gasteiger partial charge in [-0.05, 0) is 250 Å². The van der Waals surface area contributed by atoms with Crippen molar-refractivity contribution in [1.82, 2.24) is 91.1 Å². The smallest absolute Gasteiger partial charge is 0.318 e. The van der Waals surface area contributed by atoms with Gasteiger partial charge in [0.1, 0.15) is 6.17 Å². The predicted octanol–water partition coefficient (Wildman–Crippen LogP) is 10.4. The maximum atomic E-state index is 13.0. The van der Waals surface area contributed by atoms with Gasteiger partial charge in [0.2, 0.25) is 5.91 Å². The highest BCUT2D eigenvalue weighted by atomic mass is 19.1. The van der Waals surface area contributed by atoms with Gasteiger partial charge in [-0.2, -0.15) is 0 Å². The summed E-state index contributed by atoms with van der Waals surface area (Å²) < 4.78 is 13.0. The molecule has 107 heavy (non-hydrogen) atoms. The summed E-state index contributed by atoms with van der Waals surface area (Å²) in [5.41, 5.74) is 0.321. The van der Waals surface area contributed by atoms with Crippen LogP contribution in [0.3, 0.4) is 0 Å². The lowest BCUT2D eigenvalue weighted by atomic mass is 9.93. The van der Waals surface area contributed by atoms with E-state index in [0.29, 0.717) is 84.8 Å². The van der Waals surface area contributed by atoms with Crippen LogP contribution < -0.4 is 37.2 Å². The number of amides is 11. The maximum absolute atomic E-state index is 13.0. The molecule has 12 rings (SSSR count). The standard InChI is InChI=1S/2C15H29N3O.C13H24FN3O.3C13H25N3O/c1-12(2)17-8-5-13(6-9-17)16-14(19)18-10-7-15(3,4)11-18;1-12(2)17-10-6-13(7-11-17)16-14(19)18-9-5-8-15(18,3)4;1-10(2)16-7-4-12(5-8-16)15-13(18)17-6-3-11(14)9-17;1-10(2)16-8-5-11(6-9-16)15-13(17)12-4-3-7-14-12;2*1-11(2)15-9-5-12(6-10-15)14-13(17)16-7-3-4-8-16/h2*12-13H,5-11H2,1-4H3,(H,16,19);10-12H,3-9H2,1-2H3,(H,15,18);10-12,14H,3-9H2,1-2H3,(H,15,17);2*11-12H,3-10H2,1-2H3,(H,14,17). The fraction of sp³-hybridized carbons (Fsp3) is 0.927. The summed E-state index contributed by atoms with van der Waals surface area (Å²) in [4.78, 5) is 96.6. The van der Waals surface area contributed by atoms with Gasteiger partial charge in [-0.3, -0.25) is 4.79 Å². The molecule has 0 aromatic heterocycles. The van der Waals surface area contributed by atoms with Crippen LogP contribution >= 0.6 is 0 Å². The summed E-state index contributed by atoms with van der Waals surface area (Å²) in [6.07, 6.45) is 22.7. The Morgan fingerprint density at radius 3 is 0.897 bits per heavy atom. The second-order valence-electron chi connectivity index (χ2n) is 36.5. The number of carbonyl (C=O) groups excluding carboxylic acids is 6. The van der Waals surface area contributed by atoms with Crippen LogP contribution in [0.4, 0.5) is 28.4 Å². The fourth-order valence-corrected chi connectivity index (χ4v) is 17.4. The van der Waals surface area contributed by atoms with Gasteiger partial charge in [0.15, 0.2) is 0 Å². The largest absolute Gasteiger partial charge is 0.352 e. The average Bonchev–Trinajstić information content (AvgIpc) is 1.70. The summed E-state index contributed by atoms with van der Waals surface area (Å²) in [5.74, 6) is 0.213. The van der Waals surface area contributed by atoms with E-state index in [-0.39, 0.29) is 60.2 Å². The number of nitrogens with one attached hydrogen (secondary N) is 7. The molecule has 2 atom stereocenters. The zero-order valence-corrected chi connectivity index (χ0v) is 70.4. The molecule has 7 N–H and O–H groups in total. The lowest BCUT2D eigenvalue weighted by Gasteiger charge is -2.37. The van der Waals surface area contributed by atoms with Gasteiger partial charge >= 0.3 is 30.2 Å². The lowest BCUT2D eigenvalue weighted by molar-refractivity contribution is -0.123. The maximum Gasteiger partial charge on any atom is 0.318 e. The molecule has 0 aromatic rings. The second-order valence-corrected chi connectivity index (χ2v) is 36.5. The summed E-state index contributed by atoms with van der Waals surface area (Å²) in [5, 5.41) is 22.3. The summed E-state index contributed by atoms with van der Waals surface area (Å²) in [7, 11) is 0. The average molecular weight is 1510 g/mol. The van der Waals surface area contributed by atoms with E-state index in [9.17, 15) is 33.2 Å². The molecule has 2 unspecified atom stereocenters. The van der Waals surface area contributed by atoms with E-state index >= 15 is 0 Å². The molecule has 0 bridgehead atoms. The van der Waals surface area contributed by atoms with Gasteiger partial charge in [0.25, 0.3) is 0 Å². The molecule has 12 fully saturated rings. The Hall–Kier alpha value is -4.53. The van der Waals surface area contributed by atoms with Crippen LogP contribution in [0.15, 0.2) is 0 Å². The number of hydrogen-bond donors (Lipinski definition) is 7. The number of halogens is 1. The number of piperidine rings is 6. The van der Waals surface area contributed by atoms with Crippen LogP contribution in [0.5, 0.6) is 0 Å². The monoisotopic (exact) mass is 1510 g/mol. The Morgan fingerprint density at radius 1 is 0.327 bits per heavy atom. The minimum Gasteiger partial charge on any atom is -0.352 e. The van der Waals surface area contributed by atoms with Gasteiger partial charge in [-0.1, -0.05) is 13.8 Å². The number of rotatable bonds is 13. The van der Waals surface area contributed by atoms with Crippen LogP contribution in [-0.4, -0.2) is 324 Å². The first-order valence-electron chi connectivity index (χ1n) is 43.3. The number of nitrogens with zero attached hydrogens (tertiary/aromatic N) is 11. The first-order valence-corrected chi connectivity index (χ1v) is 43.3. The molecule has 0 aliphatic carbocycles. The molecule has 0 radical (unpaired) electrons. The first kappa shape index (κ1) is 89.7. The van der Waals surface area contributed by atoms with Crippen molar-refractivity contribution in [2.24, 2.45) is 5.41 Å². The fourth-order valence-electron chi connectivity index (χ4n) is 17.4. The number of urea groups is 5. The third-order valence-electron chi connectivity index (χ3n) is 25.2. The highest BCUT2D eigenvalue weighted by Crippen LogP contribution is 2.31. The van der Waals surface area contributed by atoms with Gasteiger partial charge in [-0.25, -0.2) is 28.4 Å². The molecule has 24 nitrogen and oxygen atoms in total. The third kappa shape index (κ3) is 30.5. The Labute approximate surface area is 649 Å². The molecular formula is C82H157FN18O6. The van der Waals surface area contributed by atoms with Crippen LogP contribution in [0.1, 0.15) is 252 Å². The van der Waals surface area contributed by atoms with E-state index < -0.39 is 6.17 Å². The first-order chi connectivity index (χ1) is 50.8. The van der Waals surface area contributed by atoms with Crippen molar-refractivity contribution in [3.8, 4) is 0 Å². The van der Waals surface area contributed by atoms with Crippen LogP contribution in [-0.2, 0) is 4.79 Å². The quantitative estimate of drug-likeness (QED) is 0.0913. The lowest BCUT2D eigenvalue weighted by Crippen LogP contribution is -2.53. The van der Waals surface area contributed by atoms with Crippen molar-refractivity contribution in [1.29, 1.82) is 0 Å². The molecule has 12 aliphatic rings. The molecular weight excluding hydrogens is 1350 g/mol. The van der Waals surface area contributed by atoms with Gasteiger partial charge in [-0.15, -0.1) is 0 Å². The van der Waals surface area contributed by atoms with Gasteiger partial charge in [0.05, 0.1) is 12.6 Å². The van der Waals surface area contributed by atoms with Crippen LogP contribution in [0.2, 0.25) is 0 Å².